The number of esters is 1. The zero-order chi connectivity index (χ0) is 31.7. The van der Waals surface area contributed by atoms with Crippen molar-refractivity contribution in [2.75, 3.05) is 6.61 Å². The van der Waals surface area contributed by atoms with Crippen LogP contribution in [0.4, 0.5) is 17.6 Å². The number of aromatic amines is 1. The predicted octanol–water partition coefficient (Wildman–Crippen LogP) is 3.19. The Hall–Kier alpha value is -3.56. The van der Waals surface area contributed by atoms with Gasteiger partial charge in [0, 0.05) is 5.39 Å². The van der Waals surface area contributed by atoms with E-state index in [-0.39, 0.29) is 16.5 Å². The van der Waals surface area contributed by atoms with Crippen molar-refractivity contribution < 1.29 is 50.5 Å². The first-order valence-electron chi connectivity index (χ1n) is 12.9. The normalized spacial score (nSPS) is 24.3. The Morgan fingerprint density at radius 3 is 2.53 bits per heavy atom. The van der Waals surface area contributed by atoms with Crippen molar-refractivity contribution in [2.45, 2.75) is 63.4 Å². The van der Waals surface area contributed by atoms with Gasteiger partial charge in [-0.05, 0) is 32.2 Å². The SMILES string of the molecule is CC(C)OC(=O)[C@H](C)NP(=O)(OC[C@@]1(C(F)F)O[C@@H](n2cc(F)c(=O)[nH]c2=O)[C@@H](F)[C@@H]1O)Oc1cccc2ccccc12. The number of hydrogen-bond donors (Lipinski definition) is 3. The molecule has 1 aliphatic heterocycles. The van der Waals surface area contributed by atoms with Crippen LogP contribution < -0.4 is 20.9 Å². The average molecular weight is 633 g/mol. The lowest BCUT2D eigenvalue weighted by atomic mass is 9.97. The van der Waals surface area contributed by atoms with Gasteiger partial charge < -0.3 is 19.1 Å². The van der Waals surface area contributed by atoms with E-state index in [1.54, 1.807) is 50.2 Å². The maximum Gasteiger partial charge on any atom is 0.459 e. The topological polar surface area (TPSA) is 158 Å². The van der Waals surface area contributed by atoms with Crippen LogP contribution in [0.1, 0.15) is 27.0 Å². The molecule has 0 saturated carbocycles. The third kappa shape index (κ3) is 6.68. The molecule has 1 aliphatic rings. The van der Waals surface area contributed by atoms with Gasteiger partial charge >= 0.3 is 19.4 Å². The highest BCUT2D eigenvalue weighted by molar-refractivity contribution is 7.52. The van der Waals surface area contributed by atoms with Crippen LogP contribution in [0.25, 0.3) is 10.8 Å². The second-order valence-electron chi connectivity index (χ2n) is 9.97. The molecule has 0 spiro atoms. The number of aliphatic hydroxyl groups is 1. The predicted molar refractivity (Wildman–Crippen MR) is 143 cm³/mol. The van der Waals surface area contributed by atoms with Crippen LogP contribution in [-0.4, -0.2) is 63.7 Å². The minimum absolute atomic E-state index is 0.0474. The van der Waals surface area contributed by atoms with Crippen molar-refractivity contribution >= 4 is 24.5 Å². The largest absolute Gasteiger partial charge is 0.462 e. The number of carbonyl (C=O) groups is 1. The molecule has 3 N–H and O–H groups in total. The van der Waals surface area contributed by atoms with Gasteiger partial charge in [0.1, 0.15) is 17.9 Å². The molecule has 6 atom stereocenters. The second kappa shape index (κ2) is 12.6. The highest BCUT2D eigenvalue weighted by Gasteiger charge is 2.62. The molecule has 43 heavy (non-hydrogen) atoms. The van der Waals surface area contributed by atoms with Crippen molar-refractivity contribution in [3.63, 3.8) is 0 Å². The van der Waals surface area contributed by atoms with E-state index in [1.165, 1.54) is 18.0 Å². The van der Waals surface area contributed by atoms with Gasteiger partial charge in [-0.3, -0.25) is 23.7 Å². The molecule has 2 aromatic carbocycles. The van der Waals surface area contributed by atoms with Gasteiger partial charge in [0.2, 0.25) is 5.82 Å². The van der Waals surface area contributed by atoms with Crippen LogP contribution >= 0.6 is 7.75 Å². The molecule has 12 nitrogen and oxygen atoms in total. The number of aromatic nitrogens is 2. The van der Waals surface area contributed by atoms with Crippen LogP contribution in [0.2, 0.25) is 0 Å². The standard InChI is InChI=1S/C26H28F4N3O9P/c1-13(2)40-23(36)14(3)32-43(38,42-18-10-6-8-15-7-4-5-9-16(15)18)39-12-26(24(29)30)20(34)19(28)22(41-26)33-11-17(27)21(35)31-25(33)37/h4-11,13-14,19-20,22,24,34H,12H2,1-3H3,(H,32,38)(H,31,35,37)/t14-,19-,20-,22+,26+,43?/m0/s1. The van der Waals surface area contributed by atoms with Crippen LogP contribution in [0.15, 0.2) is 58.3 Å². The Morgan fingerprint density at radius 1 is 1.19 bits per heavy atom. The summed E-state index contributed by atoms with van der Waals surface area (Å²) in [6, 6.07) is 9.95. The van der Waals surface area contributed by atoms with Gasteiger partial charge in [-0.15, -0.1) is 0 Å². The fourth-order valence-corrected chi connectivity index (χ4v) is 5.86. The van der Waals surface area contributed by atoms with Crippen LogP contribution in [0, 0.1) is 5.82 Å². The summed E-state index contributed by atoms with van der Waals surface area (Å²) in [6.07, 6.45) is -11.9. The second-order valence-corrected chi connectivity index (χ2v) is 11.7. The maximum atomic E-state index is 15.2. The van der Waals surface area contributed by atoms with Crippen LogP contribution in [0.3, 0.4) is 0 Å². The van der Waals surface area contributed by atoms with Crippen LogP contribution in [0.5, 0.6) is 5.75 Å². The summed E-state index contributed by atoms with van der Waals surface area (Å²) in [7, 11) is -4.87. The average Bonchev–Trinajstić information content (AvgIpc) is 3.20. The fraction of sp³-hybridized carbons (Fsp3) is 0.423. The number of rotatable bonds is 11. The molecule has 234 valence electrons. The Balaban J connectivity index is 1.69. The number of carbonyl (C=O) groups excluding carboxylic acids is 1. The molecular formula is C26H28F4N3O9P. The van der Waals surface area contributed by atoms with Crippen molar-refractivity contribution in [1.82, 2.24) is 14.6 Å². The molecule has 1 unspecified atom stereocenters. The Bertz CT molecular complexity index is 1650. The molecule has 1 aromatic heterocycles. The summed E-state index contributed by atoms with van der Waals surface area (Å²) < 4.78 is 93.4. The summed E-state index contributed by atoms with van der Waals surface area (Å²) in [5.41, 5.74) is -6.15. The molecular weight excluding hydrogens is 605 g/mol. The highest BCUT2D eigenvalue weighted by Crippen LogP contribution is 2.50. The van der Waals surface area contributed by atoms with Gasteiger partial charge in [-0.1, -0.05) is 36.4 Å². The first-order valence-corrected chi connectivity index (χ1v) is 14.4. The van der Waals surface area contributed by atoms with E-state index < -0.39 is 80.1 Å². The zero-order valence-corrected chi connectivity index (χ0v) is 23.8. The van der Waals surface area contributed by atoms with Gasteiger partial charge in [0.15, 0.2) is 18.0 Å². The molecule has 1 saturated heterocycles. The number of halogens is 4. The van der Waals surface area contributed by atoms with Gasteiger partial charge in [0.25, 0.3) is 12.0 Å². The Morgan fingerprint density at radius 2 is 1.86 bits per heavy atom. The molecule has 2 heterocycles. The summed E-state index contributed by atoms with van der Waals surface area (Å²) in [5, 5.41) is 13.9. The zero-order valence-electron chi connectivity index (χ0n) is 22.9. The number of aliphatic hydroxyl groups excluding tert-OH is 1. The molecule has 1 fully saturated rings. The first-order chi connectivity index (χ1) is 20.2. The quantitative estimate of drug-likeness (QED) is 0.163. The lowest BCUT2D eigenvalue weighted by Crippen LogP contribution is -2.52. The number of hydrogen-bond acceptors (Lipinski definition) is 9. The fourth-order valence-electron chi connectivity index (χ4n) is 4.31. The molecule has 0 amide bonds. The van der Waals surface area contributed by atoms with E-state index in [0.717, 1.165) is 0 Å². The third-order valence-corrected chi connectivity index (χ3v) is 8.08. The minimum Gasteiger partial charge on any atom is -0.462 e. The van der Waals surface area contributed by atoms with Gasteiger partial charge in [-0.25, -0.2) is 22.5 Å². The summed E-state index contributed by atoms with van der Waals surface area (Å²) in [5.74, 6) is -2.51. The number of nitrogens with one attached hydrogen (secondary N) is 2. The van der Waals surface area contributed by atoms with Crippen molar-refractivity contribution in [2.24, 2.45) is 0 Å². The molecule has 0 aliphatic carbocycles. The van der Waals surface area contributed by atoms with Crippen molar-refractivity contribution in [1.29, 1.82) is 0 Å². The third-order valence-electron chi connectivity index (χ3n) is 6.47. The van der Waals surface area contributed by atoms with Crippen molar-refractivity contribution in [3.05, 3.63) is 75.3 Å². The number of nitrogens with zero attached hydrogens (tertiary/aromatic N) is 1. The Kier molecular flexibility index (Phi) is 9.47. The summed E-state index contributed by atoms with van der Waals surface area (Å²) in [4.78, 5) is 37.5. The number of fused-ring (bicyclic) bond motifs is 1. The number of H-pyrrole nitrogens is 1. The lowest BCUT2D eigenvalue weighted by molar-refractivity contribution is -0.193. The molecule has 3 aromatic rings. The van der Waals surface area contributed by atoms with Crippen molar-refractivity contribution in [3.8, 4) is 5.75 Å². The highest BCUT2D eigenvalue weighted by atomic mass is 31.2. The minimum atomic E-state index is -4.87. The van der Waals surface area contributed by atoms with E-state index in [1.807, 2.05) is 0 Å². The number of alkyl halides is 3. The van der Waals surface area contributed by atoms with Gasteiger partial charge in [-0.2, -0.15) is 9.48 Å². The number of benzene rings is 2. The van der Waals surface area contributed by atoms with E-state index in [9.17, 15) is 37.2 Å². The molecule has 0 bridgehead atoms. The lowest BCUT2D eigenvalue weighted by Gasteiger charge is -2.32. The summed E-state index contributed by atoms with van der Waals surface area (Å²) >= 11 is 0. The van der Waals surface area contributed by atoms with Crippen LogP contribution in [-0.2, 0) is 23.4 Å². The van der Waals surface area contributed by atoms with E-state index in [2.05, 4.69) is 5.09 Å². The maximum absolute atomic E-state index is 15.2. The van der Waals surface area contributed by atoms with E-state index in [4.69, 9.17) is 18.5 Å². The number of ether oxygens (including phenoxy) is 2. The first kappa shape index (κ1) is 32.4. The summed E-state index contributed by atoms with van der Waals surface area (Å²) in [6.45, 7) is 2.84. The molecule has 4 rings (SSSR count). The Labute approximate surface area is 241 Å². The smallest absolute Gasteiger partial charge is 0.459 e. The molecule has 17 heteroatoms. The molecule has 0 radical (unpaired) electrons. The van der Waals surface area contributed by atoms with E-state index >= 15 is 4.39 Å². The monoisotopic (exact) mass is 633 g/mol. The van der Waals surface area contributed by atoms with E-state index in [0.29, 0.717) is 10.8 Å². The van der Waals surface area contributed by atoms with Gasteiger partial charge in [0.05, 0.1) is 18.9 Å².